The summed E-state index contributed by atoms with van der Waals surface area (Å²) < 4.78 is 40.0. The van der Waals surface area contributed by atoms with Crippen LogP contribution in [0, 0.1) is 23.7 Å². The van der Waals surface area contributed by atoms with Gasteiger partial charge in [-0.25, -0.2) is 0 Å². The van der Waals surface area contributed by atoms with Crippen LogP contribution in [0.1, 0.15) is 77.0 Å². The average Bonchev–Trinajstić information content (AvgIpc) is 2.45. The van der Waals surface area contributed by atoms with Gasteiger partial charge in [0.15, 0.2) is 5.44 Å². The van der Waals surface area contributed by atoms with Gasteiger partial charge in [0.1, 0.15) is 0 Å². The van der Waals surface area contributed by atoms with Crippen molar-refractivity contribution in [1.82, 2.24) is 0 Å². The maximum Gasteiger partial charge on any atom is 0.292 e. The Hall–Kier alpha value is -0.130. The minimum absolute atomic E-state index is 0.260. The lowest BCUT2D eigenvalue weighted by Gasteiger charge is -2.56. The third-order valence-electron chi connectivity index (χ3n) is 6.95. The summed E-state index contributed by atoms with van der Waals surface area (Å²) in [6.45, 7) is 0. The second-order valence-electron chi connectivity index (χ2n) is 8.90. The fraction of sp³-hybridized carbons (Fsp3) is 1.00. The van der Waals surface area contributed by atoms with Gasteiger partial charge in [-0.3, -0.25) is 4.55 Å². The molecule has 5 heteroatoms. The van der Waals surface area contributed by atoms with Gasteiger partial charge in [0.25, 0.3) is 10.1 Å². The lowest BCUT2D eigenvalue weighted by Crippen LogP contribution is -2.54. The summed E-state index contributed by atoms with van der Waals surface area (Å²) in [5.74, 6) is 2.55. The lowest BCUT2D eigenvalue weighted by atomic mass is 9.54. The molecule has 0 aromatic carbocycles. The minimum Gasteiger partial charge on any atom is -0.353 e. The second-order valence-corrected chi connectivity index (χ2v) is 10.5. The Morgan fingerprint density at radius 3 is 1.96 bits per heavy atom. The lowest BCUT2D eigenvalue weighted by molar-refractivity contribution is -0.175. The van der Waals surface area contributed by atoms with Crippen LogP contribution < -0.4 is 0 Å². The largest absolute Gasteiger partial charge is 0.353 e. The van der Waals surface area contributed by atoms with E-state index >= 15 is 0 Å². The van der Waals surface area contributed by atoms with Gasteiger partial charge in [0.2, 0.25) is 0 Å². The highest BCUT2D eigenvalue weighted by molar-refractivity contribution is 7.86. The van der Waals surface area contributed by atoms with Crippen molar-refractivity contribution in [3.05, 3.63) is 0 Å². The molecule has 5 saturated carbocycles. The van der Waals surface area contributed by atoms with Crippen LogP contribution in [-0.2, 0) is 14.9 Å². The van der Waals surface area contributed by atoms with E-state index in [0.29, 0.717) is 12.3 Å². The van der Waals surface area contributed by atoms with Crippen molar-refractivity contribution in [2.75, 3.05) is 0 Å². The van der Waals surface area contributed by atoms with Gasteiger partial charge in [0.05, 0.1) is 5.60 Å². The summed E-state index contributed by atoms with van der Waals surface area (Å²) in [7, 11) is -4.13. The molecule has 23 heavy (non-hydrogen) atoms. The van der Waals surface area contributed by atoms with E-state index in [1.165, 1.54) is 38.5 Å². The molecule has 132 valence electrons. The zero-order chi connectivity index (χ0) is 16.1. The first kappa shape index (κ1) is 16.3. The molecule has 1 N–H and O–H groups in total. The predicted octanol–water partition coefficient (Wildman–Crippen LogP) is 4.16. The van der Waals surface area contributed by atoms with Crippen molar-refractivity contribution in [2.24, 2.45) is 23.7 Å². The van der Waals surface area contributed by atoms with Crippen LogP contribution in [0.4, 0.5) is 0 Å². The summed E-state index contributed by atoms with van der Waals surface area (Å²) in [6.07, 6.45) is 13.2. The molecular formula is C18H30O4S. The number of hydrogen-bond donors (Lipinski definition) is 1. The van der Waals surface area contributed by atoms with Gasteiger partial charge >= 0.3 is 0 Å². The smallest absolute Gasteiger partial charge is 0.292 e. The number of rotatable bonds is 5. The van der Waals surface area contributed by atoms with E-state index < -0.39 is 15.6 Å². The highest BCUT2D eigenvalue weighted by Gasteiger charge is 2.53. The molecule has 1 atom stereocenters. The van der Waals surface area contributed by atoms with Gasteiger partial charge in [0, 0.05) is 0 Å². The Balaban J connectivity index is 1.49. The van der Waals surface area contributed by atoms with Gasteiger partial charge in [-0.05, 0) is 68.6 Å². The molecule has 0 heterocycles. The molecule has 5 fully saturated rings. The normalized spacial score (nSPS) is 42.0. The molecule has 1 unspecified atom stereocenters. The fourth-order valence-corrected chi connectivity index (χ4v) is 7.22. The van der Waals surface area contributed by atoms with Gasteiger partial charge in [-0.1, -0.05) is 32.1 Å². The summed E-state index contributed by atoms with van der Waals surface area (Å²) in [6, 6.07) is 0. The quantitative estimate of drug-likeness (QED) is 0.762. The topological polar surface area (TPSA) is 63.6 Å². The molecule has 0 radical (unpaired) electrons. The molecule has 0 amide bonds. The van der Waals surface area contributed by atoms with E-state index in [2.05, 4.69) is 0 Å². The second kappa shape index (κ2) is 5.99. The van der Waals surface area contributed by atoms with Crippen LogP contribution in [0.25, 0.3) is 0 Å². The monoisotopic (exact) mass is 342 g/mol. The highest BCUT2D eigenvalue weighted by atomic mass is 32.2. The number of ether oxygens (including phenoxy) is 1. The molecule has 4 bridgehead atoms. The van der Waals surface area contributed by atoms with E-state index in [1.54, 1.807) is 0 Å². The van der Waals surface area contributed by atoms with Crippen molar-refractivity contribution in [3.63, 3.8) is 0 Å². The molecule has 0 aliphatic heterocycles. The molecule has 0 spiro atoms. The predicted molar refractivity (Wildman–Crippen MR) is 88.5 cm³/mol. The van der Waals surface area contributed by atoms with E-state index in [4.69, 9.17) is 4.74 Å². The van der Waals surface area contributed by atoms with E-state index in [0.717, 1.165) is 49.9 Å². The summed E-state index contributed by atoms with van der Waals surface area (Å²) in [4.78, 5) is 0. The fourth-order valence-electron chi connectivity index (χ4n) is 6.38. The van der Waals surface area contributed by atoms with E-state index in [1.807, 2.05) is 0 Å². The highest BCUT2D eigenvalue weighted by Crippen LogP contribution is 2.57. The van der Waals surface area contributed by atoms with Crippen LogP contribution in [0.15, 0.2) is 0 Å². The Kier molecular flexibility index (Phi) is 4.26. The average molecular weight is 343 g/mol. The van der Waals surface area contributed by atoms with Crippen LogP contribution in [0.5, 0.6) is 0 Å². The van der Waals surface area contributed by atoms with Crippen molar-refractivity contribution < 1.29 is 17.7 Å². The molecule has 5 aliphatic rings. The molecule has 0 aromatic rings. The first-order valence-electron chi connectivity index (χ1n) is 9.56. The molecule has 4 nitrogen and oxygen atoms in total. The maximum atomic E-state index is 12.0. The first-order valence-corrected chi connectivity index (χ1v) is 11.1. The van der Waals surface area contributed by atoms with Crippen molar-refractivity contribution in [3.8, 4) is 0 Å². The van der Waals surface area contributed by atoms with Gasteiger partial charge in [-0.2, -0.15) is 8.42 Å². The molecule has 0 saturated heterocycles. The SMILES string of the molecule is O=S(=O)(O)C(CC1CCCCC1)OC12CC3CC(CC(C3)C1)C2. The minimum atomic E-state index is -4.13. The molecule has 0 aromatic heterocycles. The molecule has 5 rings (SSSR count). The third kappa shape index (κ3) is 3.47. The van der Waals surface area contributed by atoms with Crippen LogP contribution in [0.3, 0.4) is 0 Å². The first-order chi connectivity index (χ1) is 10.9. The Morgan fingerprint density at radius 1 is 0.957 bits per heavy atom. The van der Waals surface area contributed by atoms with E-state index in [-0.39, 0.29) is 5.60 Å². The Bertz CT molecular complexity index is 500. The van der Waals surface area contributed by atoms with Crippen LogP contribution >= 0.6 is 0 Å². The molecular weight excluding hydrogens is 312 g/mol. The Morgan fingerprint density at radius 2 is 1.48 bits per heavy atom. The van der Waals surface area contributed by atoms with Crippen molar-refractivity contribution >= 4 is 10.1 Å². The van der Waals surface area contributed by atoms with Crippen molar-refractivity contribution in [2.45, 2.75) is 88.1 Å². The standard InChI is InChI=1S/C18H30O4S/c19-23(20,21)17(9-13-4-2-1-3-5-13)22-18-10-14-6-15(11-18)8-16(7-14)12-18/h13-17H,1-12H2,(H,19,20,21). The Labute approximate surface area is 140 Å². The summed E-state index contributed by atoms with van der Waals surface area (Å²) in [5, 5.41) is 0. The van der Waals surface area contributed by atoms with Crippen LogP contribution in [-0.4, -0.2) is 24.0 Å². The zero-order valence-electron chi connectivity index (χ0n) is 14.0. The van der Waals surface area contributed by atoms with E-state index in [9.17, 15) is 13.0 Å². The van der Waals surface area contributed by atoms with Gasteiger partial charge in [-0.15, -0.1) is 0 Å². The van der Waals surface area contributed by atoms with Crippen LogP contribution in [0.2, 0.25) is 0 Å². The van der Waals surface area contributed by atoms with Gasteiger partial charge < -0.3 is 4.74 Å². The van der Waals surface area contributed by atoms with Crippen molar-refractivity contribution in [1.29, 1.82) is 0 Å². The molecule has 5 aliphatic carbocycles. The third-order valence-corrected chi connectivity index (χ3v) is 7.90. The maximum absolute atomic E-state index is 12.0. The summed E-state index contributed by atoms with van der Waals surface area (Å²) >= 11 is 0. The summed E-state index contributed by atoms with van der Waals surface area (Å²) in [5.41, 5.74) is -1.26. The number of hydrogen-bond acceptors (Lipinski definition) is 3. The zero-order valence-corrected chi connectivity index (χ0v) is 14.8.